The van der Waals surface area contributed by atoms with Crippen LogP contribution in [0.5, 0.6) is 5.75 Å². The summed E-state index contributed by atoms with van der Waals surface area (Å²) in [5.74, 6) is -15.7. The number of phenolic OH excluding ortho intramolecular Hbond substituents is 1. The van der Waals surface area contributed by atoms with E-state index in [2.05, 4.69) is 12.2 Å². The van der Waals surface area contributed by atoms with Crippen molar-refractivity contribution in [2.45, 2.75) is 134 Å². The standard InChI is InChI=1S/C29H44F8N2O2/c1-2-3-4-5-6-7-8-9-10-11-12-13-14-15-16-17-18-38-22-19-23(21-24(40)20-22)39-26(41)28(33,34)27(31,32)25(30)29(35,36)37/h19-21,25,38,40H,2-18H2,1H3,(H,39,41). The van der Waals surface area contributed by atoms with Crippen molar-refractivity contribution in [1.29, 1.82) is 0 Å². The summed E-state index contributed by atoms with van der Waals surface area (Å²) in [7, 11) is 0. The number of anilines is 2. The Balaban J connectivity index is 2.30. The van der Waals surface area contributed by atoms with E-state index in [0.29, 0.717) is 6.54 Å². The van der Waals surface area contributed by atoms with Gasteiger partial charge in [-0.05, 0) is 12.5 Å². The molecule has 12 heteroatoms. The number of hydrogen-bond acceptors (Lipinski definition) is 3. The molecule has 0 aliphatic carbocycles. The lowest BCUT2D eigenvalue weighted by molar-refractivity contribution is -0.295. The largest absolute Gasteiger partial charge is 0.508 e. The Morgan fingerprint density at radius 2 is 1.12 bits per heavy atom. The van der Waals surface area contributed by atoms with Crippen molar-refractivity contribution in [3.63, 3.8) is 0 Å². The second-order valence-electron chi connectivity index (χ2n) is 10.6. The van der Waals surface area contributed by atoms with Gasteiger partial charge in [-0.1, -0.05) is 103 Å². The highest BCUT2D eigenvalue weighted by Gasteiger charge is 2.72. The summed E-state index contributed by atoms with van der Waals surface area (Å²) in [4.78, 5) is 11.7. The number of carbonyl (C=O) groups excluding carboxylic acids is 1. The molecule has 3 N–H and O–H groups in total. The second-order valence-corrected chi connectivity index (χ2v) is 10.6. The molecule has 0 bridgehead atoms. The highest BCUT2D eigenvalue weighted by atomic mass is 19.4. The van der Waals surface area contributed by atoms with Gasteiger partial charge in [-0.15, -0.1) is 0 Å². The Morgan fingerprint density at radius 3 is 1.56 bits per heavy atom. The van der Waals surface area contributed by atoms with Gasteiger partial charge in [0.15, 0.2) is 0 Å². The van der Waals surface area contributed by atoms with Gasteiger partial charge < -0.3 is 15.7 Å². The molecule has 0 aliphatic rings. The molecule has 0 fully saturated rings. The molecule has 0 heterocycles. The molecular weight excluding hydrogens is 560 g/mol. The van der Waals surface area contributed by atoms with Crippen molar-refractivity contribution in [3.8, 4) is 5.75 Å². The molecule has 238 valence electrons. The number of aromatic hydroxyl groups is 1. The van der Waals surface area contributed by atoms with Crippen LogP contribution in [-0.2, 0) is 4.79 Å². The molecule has 0 radical (unpaired) electrons. The number of rotatable bonds is 22. The third-order valence-electron chi connectivity index (χ3n) is 6.84. The zero-order valence-electron chi connectivity index (χ0n) is 23.7. The Labute approximate surface area is 237 Å². The predicted octanol–water partition coefficient (Wildman–Crippen LogP) is 10.2. The third-order valence-corrected chi connectivity index (χ3v) is 6.84. The molecular formula is C29H44F8N2O2. The Morgan fingerprint density at radius 1 is 0.707 bits per heavy atom. The lowest BCUT2D eigenvalue weighted by atomic mass is 10.0. The van der Waals surface area contributed by atoms with Crippen LogP contribution in [0.1, 0.15) is 110 Å². The topological polar surface area (TPSA) is 61.4 Å². The van der Waals surface area contributed by atoms with Crippen LogP contribution in [0.15, 0.2) is 18.2 Å². The zero-order valence-corrected chi connectivity index (χ0v) is 23.7. The minimum Gasteiger partial charge on any atom is -0.508 e. The molecule has 0 saturated heterocycles. The molecule has 1 rings (SSSR count). The molecule has 1 atom stereocenters. The number of benzene rings is 1. The van der Waals surface area contributed by atoms with Crippen LogP contribution in [-0.4, -0.2) is 41.8 Å². The maximum atomic E-state index is 13.8. The molecule has 0 aromatic heterocycles. The molecule has 0 spiro atoms. The lowest BCUT2D eigenvalue weighted by Gasteiger charge is -2.29. The third kappa shape index (κ3) is 13.5. The summed E-state index contributed by atoms with van der Waals surface area (Å²) in [5.41, 5.74) is -0.419. The van der Waals surface area contributed by atoms with Gasteiger partial charge >= 0.3 is 23.9 Å². The van der Waals surface area contributed by atoms with Gasteiger partial charge in [-0.3, -0.25) is 4.79 Å². The quantitative estimate of drug-likeness (QED) is 0.0912. The lowest BCUT2D eigenvalue weighted by Crippen LogP contribution is -2.58. The highest BCUT2D eigenvalue weighted by Crippen LogP contribution is 2.45. The van der Waals surface area contributed by atoms with Crippen LogP contribution < -0.4 is 10.6 Å². The number of amides is 1. The van der Waals surface area contributed by atoms with Crippen molar-refractivity contribution in [2.75, 3.05) is 17.2 Å². The molecule has 0 aliphatic heterocycles. The summed E-state index contributed by atoms with van der Waals surface area (Å²) in [5, 5.41) is 14.0. The highest BCUT2D eigenvalue weighted by molar-refractivity contribution is 5.97. The number of halogens is 8. The maximum Gasteiger partial charge on any atom is 0.425 e. The van der Waals surface area contributed by atoms with Crippen LogP contribution in [0.25, 0.3) is 0 Å². The second kappa shape index (κ2) is 18.3. The first kappa shape index (κ1) is 36.8. The summed E-state index contributed by atoms with van der Waals surface area (Å²) < 4.78 is 104. The van der Waals surface area contributed by atoms with E-state index in [4.69, 9.17) is 0 Å². The van der Waals surface area contributed by atoms with Gasteiger partial charge in [0.2, 0.25) is 0 Å². The Kier molecular flexibility index (Phi) is 16.4. The van der Waals surface area contributed by atoms with Gasteiger partial charge in [0.1, 0.15) is 5.75 Å². The molecule has 1 aromatic rings. The SMILES string of the molecule is CCCCCCCCCCCCCCCCCCNc1cc(O)cc(NC(=O)C(F)(F)C(F)(F)C(F)C(F)(F)F)c1. The Hall–Kier alpha value is -2.27. The fourth-order valence-electron chi connectivity index (χ4n) is 4.42. The van der Waals surface area contributed by atoms with Gasteiger partial charge in [0.25, 0.3) is 6.17 Å². The van der Waals surface area contributed by atoms with Gasteiger partial charge in [-0.25, -0.2) is 4.39 Å². The summed E-state index contributed by atoms with van der Waals surface area (Å²) in [6.07, 6.45) is 7.71. The van der Waals surface area contributed by atoms with Crippen LogP contribution in [0, 0.1) is 0 Å². The minimum absolute atomic E-state index is 0.162. The van der Waals surface area contributed by atoms with E-state index in [9.17, 15) is 45.0 Å². The van der Waals surface area contributed by atoms with E-state index in [1.807, 2.05) is 0 Å². The normalized spacial score (nSPS) is 13.3. The zero-order chi connectivity index (χ0) is 30.9. The van der Waals surface area contributed by atoms with Crippen molar-refractivity contribution < 1.29 is 45.0 Å². The predicted molar refractivity (Wildman–Crippen MR) is 146 cm³/mol. The first-order valence-corrected chi connectivity index (χ1v) is 14.6. The average molecular weight is 605 g/mol. The minimum atomic E-state index is -6.35. The number of hydrogen-bond donors (Lipinski definition) is 3. The smallest absolute Gasteiger partial charge is 0.425 e. The van der Waals surface area contributed by atoms with Crippen LogP contribution in [0.2, 0.25) is 0 Å². The molecule has 1 amide bonds. The molecule has 1 aromatic carbocycles. The molecule has 41 heavy (non-hydrogen) atoms. The number of unbranched alkanes of at least 4 members (excludes halogenated alkanes) is 15. The first-order chi connectivity index (χ1) is 19.2. The van der Waals surface area contributed by atoms with Crippen molar-refractivity contribution in [2.24, 2.45) is 0 Å². The van der Waals surface area contributed by atoms with Gasteiger partial charge in [0.05, 0.1) is 0 Å². The van der Waals surface area contributed by atoms with E-state index in [1.54, 1.807) is 0 Å². The van der Waals surface area contributed by atoms with Crippen LogP contribution in [0.4, 0.5) is 46.5 Å². The van der Waals surface area contributed by atoms with Crippen LogP contribution >= 0.6 is 0 Å². The molecule has 4 nitrogen and oxygen atoms in total. The Bertz CT molecular complexity index is 881. The first-order valence-electron chi connectivity index (χ1n) is 14.6. The number of phenols is 1. The number of alkyl halides is 8. The van der Waals surface area contributed by atoms with E-state index < -0.39 is 41.5 Å². The van der Waals surface area contributed by atoms with Crippen LogP contribution in [0.3, 0.4) is 0 Å². The monoisotopic (exact) mass is 604 g/mol. The fourth-order valence-corrected chi connectivity index (χ4v) is 4.42. The number of carbonyl (C=O) groups is 1. The summed E-state index contributed by atoms with van der Waals surface area (Å²) >= 11 is 0. The van der Waals surface area contributed by atoms with Crippen molar-refractivity contribution >= 4 is 17.3 Å². The summed E-state index contributed by atoms with van der Waals surface area (Å²) in [6.45, 7) is 2.65. The fraction of sp³-hybridized carbons (Fsp3) is 0.759. The molecule has 0 saturated carbocycles. The summed E-state index contributed by atoms with van der Waals surface area (Å²) in [6, 6.07) is 2.97. The van der Waals surface area contributed by atoms with Crippen molar-refractivity contribution in [3.05, 3.63) is 18.2 Å². The maximum absolute atomic E-state index is 13.8. The van der Waals surface area contributed by atoms with Crippen molar-refractivity contribution in [1.82, 2.24) is 0 Å². The van der Waals surface area contributed by atoms with E-state index in [1.165, 1.54) is 82.0 Å². The van der Waals surface area contributed by atoms with Gasteiger partial charge in [-0.2, -0.15) is 30.7 Å². The van der Waals surface area contributed by atoms with E-state index in [-0.39, 0.29) is 5.69 Å². The number of nitrogens with one attached hydrogen (secondary N) is 2. The average Bonchev–Trinajstić information content (AvgIpc) is 2.89. The van der Waals surface area contributed by atoms with Gasteiger partial charge in [0, 0.05) is 30.1 Å². The van der Waals surface area contributed by atoms with E-state index >= 15 is 0 Å². The van der Waals surface area contributed by atoms with E-state index in [0.717, 1.165) is 44.2 Å². The molecule has 1 unspecified atom stereocenters.